The summed E-state index contributed by atoms with van der Waals surface area (Å²) in [5.41, 5.74) is 1.27. The molecule has 2 heteroatoms. The molecule has 0 saturated carbocycles. The van der Waals surface area contributed by atoms with Gasteiger partial charge < -0.3 is 9.30 Å². The molecule has 0 spiro atoms. The molecule has 0 aliphatic rings. The molecule has 0 aromatic carbocycles. The van der Waals surface area contributed by atoms with E-state index < -0.39 is 0 Å². The Balaban J connectivity index is 2.53. The Labute approximate surface area is 86.9 Å². The van der Waals surface area contributed by atoms with Gasteiger partial charge in [0, 0.05) is 18.4 Å². The maximum atomic E-state index is 5.59. The number of aromatic nitrogens is 1. The average Bonchev–Trinajstić information content (AvgIpc) is 2.47. The fourth-order valence-electron chi connectivity index (χ4n) is 1.40. The van der Waals surface area contributed by atoms with Crippen molar-refractivity contribution in [2.24, 2.45) is 5.92 Å². The van der Waals surface area contributed by atoms with Crippen LogP contribution in [0.15, 0.2) is 18.3 Å². The van der Waals surface area contributed by atoms with E-state index in [9.17, 15) is 0 Å². The topological polar surface area (TPSA) is 14.2 Å². The van der Waals surface area contributed by atoms with E-state index in [0.29, 0.717) is 12.0 Å². The lowest BCUT2D eigenvalue weighted by atomic mass is 10.2. The molecule has 80 valence electrons. The Morgan fingerprint density at radius 1 is 1.29 bits per heavy atom. The zero-order valence-electron chi connectivity index (χ0n) is 9.66. The van der Waals surface area contributed by atoms with Crippen LogP contribution in [-0.4, -0.2) is 10.7 Å². The van der Waals surface area contributed by atoms with Crippen LogP contribution in [0.2, 0.25) is 0 Å². The van der Waals surface area contributed by atoms with E-state index in [1.165, 1.54) is 5.69 Å². The minimum Gasteiger partial charge on any atom is -0.373 e. The Kier molecular flexibility index (Phi) is 4.21. The van der Waals surface area contributed by atoms with Gasteiger partial charge in [0.2, 0.25) is 0 Å². The maximum Gasteiger partial charge on any atom is 0.0871 e. The Morgan fingerprint density at radius 3 is 2.57 bits per heavy atom. The van der Waals surface area contributed by atoms with Crippen molar-refractivity contribution < 1.29 is 4.74 Å². The number of rotatable bonds is 5. The SMILES string of the molecule is CC(C)Cn1cccc1COC(C)C. The molecule has 0 radical (unpaired) electrons. The second-order valence-electron chi connectivity index (χ2n) is 4.41. The van der Waals surface area contributed by atoms with Crippen molar-refractivity contribution in [3.63, 3.8) is 0 Å². The van der Waals surface area contributed by atoms with Gasteiger partial charge in [-0.25, -0.2) is 0 Å². The molecule has 0 bridgehead atoms. The second kappa shape index (κ2) is 5.20. The van der Waals surface area contributed by atoms with Crippen LogP contribution in [0.25, 0.3) is 0 Å². The fraction of sp³-hybridized carbons (Fsp3) is 0.667. The van der Waals surface area contributed by atoms with Gasteiger partial charge in [-0.15, -0.1) is 0 Å². The number of nitrogens with zero attached hydrogens (tertiary/aromatic N) is 1. The summed E-state index contributed by atoms with van der Waals surface area (Å²) in [6, 6.07) is 4.21. The highest BCUT2D eigenvalue weighted by molar-refractivity contribution is 5.06. The first-order chi connectivity index (χ1) is 6.59. The number of hydrogen-bond donors (Lipinski definition) is 0. The van der Waals surface area contributed by atoms with Gasteiger partial charge in [-0.3, -0.25) is 0 Å². The van der Waals surface area contributed by atoms with Crippen LogP contribution in [0.3, 0.4) is 0 Å². The smallest absolute Gasteiger partial charge is 0.0871 e. The van der Waals surface area contributed by atoms with Crippen LogP contribution >= 0.6 is 0 Å². The van der Waals surface area contributed by atoms with Gasteiger partial charge >= 0.3 is 0 Å². The molecule has 0 amide bonds. The molecule has 0 saturated heterocycles. The van der Waals surface area contributed by atoms with Crippen molar-refractivity contribution in [2.45, 2.75) is 47.0 Å². The lowest BCUT2D eigenvalue weighted by molar-refractivity contribution is 0.0615. The van der Waals surface area contributed by atoms with E-state index in [2.05, 4.69) is 50.6 Å². The van der Waals surface area contributed by atoms with Crippen molar-refractivity contribution in [3.8, 4) is 0 Å². The van der Waals surface area contributed by atoms with Crippen molar-refractivity contribution in [3.05, 3.63) is 24.0 Å². The molecule has 2 nitrogen and oxygen atoms in total. The summed E-state index contributed by atoms with van der Waals surface area (Å²) in [7, 11) is 0. The average molecular weight is 195 g/mol. The van der Waals surface area contributed by atoms with Crippen molar-refractivity contribution in [2.75, 3.05) is 0 Å². The lowest BCUT2D eigenvalue weighted by Gasteiger charge is -2.13. The molecular weight excluding hydrogens is 174 g/mol. The normalized spacial score (nSPS) is 11.6. The van der Waals surface area contributed by atoms with Crippen molar-refractivity contribution in [1.29, 1.82) is 0 Å². The van der Waals surface area contributed by atoms with Gasteiger partial charge in [-0.1, -0.05) is 13.8 Å². The quantitative estimate of drug-likeness (QED) is 0.704. The third-order valence-corrected chi connectivity index (χ3v) is 2.05. The number of ether oxygens (including phenoxy) is 1. The fourth-order valence-corrected chi connectivity index (χ4v) is 1.40. The summed E-state index contributed by atoms with van der Waals surface area (Å²) in [6.07, 6.45) is 2.43. The third-order valence-electron chi connectivity index (χ3n) is 2.05. The highest BCUT2D eigenvalue weighted by Crippen LogP contribution is 2.08. The Morgan fingerprint density at radius 2 is 2.00 bits per heavy atom. The van der Waals surface area contributed by atoms with Gasteiger partial charge in [0.05, 0.1) is 12.7 Å². The molecule has 1 aromatic rings. The molecule has 1 heterocycles. The van der Waals surface area contributed by atoms with Crippen molar-refractivity contribution in [1.82, 2.24) is 4.57 Å². The third kappa shape index (κ3) is 3.54. The van der Waals surface area contributed by atoms with Crippen LogP contribution in [0, 0.1) is 5.92 Å². The first-order valence-electron chi connectivity index (χ1n) is 5.35. The minimum atomic E-state index is 0.303. The van der Waals surface area contributed by atoms with E-state index in [-0.39, 0.29) is 0 Å². The molecule has 0 unspecified atom stereocenters. The molecule has 0 aliphatic heterocycles. The highest BCUT2D eigenvalue weighted by atomic mass is 16.5. The Bertz CT molecular complexity index is 263. The molecule has 14 heavy (non-hydrogen) atoms. The van der Waals surface area contributed by atoms with E-state index in [4.69, 9.17) is 4.74 Å². The molecule has 0 aliphatic carbocycles. The summed E-state index contributed by atoms with van der Waals surface area (Å²) in [6.45, 7) is 10.4. The molecule has 1 aromatic heterocycles. The molecule has 0 N–H and O–H groups in total. The summed E-state index contributed by atoms with van der Waals surface area (Å²) in [4.78, 5) is 0. The molecule has 0 atom stereocenters. The largest absolute Gasteiger partial charge is 0.373 e. The molecule has 1 rings (SSSR count). The highest BCUT2D eigenvalue weighted by Gasteiger charge is 2.03. The first kappa shape index (κ1) is 11.3. The maximum absolute atomic E-state index is 5.59. The van der Waals surface area contributed by atoms with E-state index >= 15 is 0 Å². The van der Waals surface area contributed by atoms with E-state index in [1.807, 2.05) is 0 Å². The first-order valence-corrected chi connectivity index (χ1v) is 5.35. The molecule has 0 fully saturated rings. The summed E-state index contributed by atoms with van der Waals surface area (Å²) in [5.74, 6) is 0.681. The standard InChI is InChI=1S/C12H21NO/c1-10(2)8-13-7-5-6-12(13)9-14-11(3)4/h5-7,10-11H,8-9H2,1-4H3. The van der Waals surface area contributed by atoms with Crippen LogP contribution in [0.4, 0.5) is 0 Å². The van der Waals surface area contributed by atoms with E-state index in [1.54, 1.807) is 0 Å². The zero-order valence-corrected chi connectivity index (χ0v) is 9.66. The van der Waals surface area contributed by atoms with Gasteiger partial charge in [-0.05, 0) is 31.9 Å². The predicted molar refractivity (Wildman–Crippen MR) is 59.2 cm³/mol. The second-order valence-corrected chi connectivity index (χ2v) is 4.41. The van der Waals surface area contributed by atoms with Crippen molar-refractivity contribution >= 4 is 0 Å². The van der Waals surface area contributed by atoms with Crippen LogP contribution in [-0.2, 0) is 17.9 Å². The minimum absolute atomic E-state index is 0.303. The number of hydrogen-bond acceptors (Lipinski definition) is 1. The lowest BCUT2D eigenvalue weighted by Crippen LogP contribution is -2.10. The van der Waals surface area contributed by atoms with Crippen LogP contribution in [0.5, 0.6) is 0 Å². The monoisotopic (exact) mass is 195 g/mol. The van der Waals surface area contributed by atoms with Crippen LogP contribution < -0.4 is 0 Å². The van der Waals surface area contributed by atoms with Gasteiger partial charge in [0.25, 0.3) is 0 Å². The Hall–Kier alpha value is -0.760. The summed E-state index contributed by atoms with van der Waals surface area (Å²) >= 11 is 0. The summed E-state index contributed by atoms with van der Waals surface area (Å²) < 4.78 is 7.86. The van der Waals surface area contributed by atoms with Gasteiger partial charge in [-0.2, -0.15) is 0 Å². The summed E-state index contributed by atoms with van der Waals surface area (Å²) in [5, 5.41) is 0. The zero-order chi connectivity index (χ0) is 10.6. The van der Waals surface area contributed by atoms with Gasteiger partial charge in [0.1, 0.15) is 0 Å². The molecular formula is C12H21NO. The predicted octanol–water partition coefficient (Wildman–Crippen LogP) is 3.07. The van der Waals surface area contributed by atoms with Crippen LogP contribution in [0.1, 0.15) is 33.4 Å². The van der Waals surface area contributed by atoms with Gasteiger partial charge in [0.15, 0.2) is 0 Å². The van der Waals surface area contributed by atoms with E-state index in [0.717, 1.165) is 13.2 Å².